The third-order valence-electron chi connectivity index (χ3n) is 3.31. The van der Waals surface area contributed by atoms with Gasteiger partial charge in [0.1, 0.15) is 5.82 Å². The fourth-order valence-electron chi connectivity index (χ4n) is 2.13. The minimum atomic E-state index is -2.65. The van der Waals surface area contributed by atoms with E-state index in [-0.39, 0.29) is 24.7 Å². The summed E-state index contributed by atoms with van der Waals surface area (Å²) in [6, 6.07) is 3.27. The number of imidazole rings is 1. The van der Waals surface area contributed by atoms with Gasteiger partial charge < -0.3 is 14.8 Å². The number of hydrogen-bond acceptors (Lipinski definition) is 4. The van der Waals surface area contributed by atoms with E-state index in [1.165, 1.54) is 26.6 Å². The third kappa shape index (κ3) is 4.13. The quantitative estimate of drug-likeness (QED) is 0.658. The van der Waals surface area contributed by atoms with E-state index in [0.29, 0.717) is 20.6 Å². The Morgan fingerprint density at radius 1 is 1.33 bits per heavy atom. The summed E-state index contributed by atoms with van der Waals surface area (Å²) < 4.78 is 37.3. The minimum absolute atomic E-state index is 0.187. The van der Waals surface area contributed by atoms with Crippen molar-refractivity contribution in [3.05, 3.63) is 39.5 Å². The first-order valence-corrected chi connectivity index (χ1v) is 8.05. The summed E-state index contributed by atoms with van der Waals surface area (Å²) in [4.78, 5) is 16.2. The van der Waals surface area contributed by atoms with Crippen molar-refractivity contribution in [1.29, 1.82) is 0 Å². The molecule has 9 heteroatoms. The van der Waals surface area contributed by atoms with Gasteiger partial charge >= 0.3 is 6.55 Å². The van der Waals surface area contributed by atoms with Crippen LogP contribution in [0.3, 0.4) is 0 Å². The van der Waals surface area contributed by atoms with Crippen molar-refractivity contribution in [2.24, 2.45) is 0 Å². The molecule has 6 nitrogen and oxygen atoms in total. The molecule has 1 aromatic heterocycles. The van der Waals surface area contributed by atoms with Crippen molar-refractivity contribution in [1.82, 2.24) is 14.9 Å². The average molecular weight is 451 g/mol. The summed E-state index contributed by atoms with van der Waals surface area (Å²) >= 11 is 2.02. The number of halogens is 3. The number of ether oxygens (including phenoxy) is 2. The molecule has 0 aliphatic heterocycles. The molecule has 2 rings (SSSR count). The Bertz CT molecular complexity index is 722. The fraction of sp³-hybridized carbons (Fsp3) is 0.333. The molecule has 0 aliphatic carbocycles. The molecule has 0 saturated carbocycles. The Morgan fingerprint density at radius 2 is 2.00 bits per heavy atom. The van der Waals surface area contributed by atoms with Gasteiger partial charge in [0, 0.05) is 28.9 Å². The first-order chi connectivity index (χ1) is 11.5. The number of amides is 1. The SMILES string of the molecule is COc1cc(I)c(C(=O)NCCc2nccn2C(F)F)cc1OC. The Hall–Kier alpha value is -1.91. The van der Waals surface area contributed by atoms with Crippen LogP contribution in [0.1, 0.15) is 22.7 Å². The van der Waals surface area contributed by atoms with Crippen LogP contribution in [0.25, 0.3) is 0 Å². The van der Waals surface area contributed by atoms with E-state index in [0.717, 1.165) is 4.57 Å². The standard InChI is InChI=1S/C15H16F2IN3O3/c1-23-11-7-9(10(18)8-12(11)24-2)14(22)20-4-3-13-19-5-6-21(13)15(16)17/h5-8,15H,3-4H2,1-2H3,(H,20,22). The summed E-state index contributed by atoms with van der Waals surface area (Å²) in [6.07, 6.45) is 2.71. The number of carbonyl (C=O) groups is 1. The molecule has 130 valence electrons. The van der Waals surface area contributed by atoms with Crippen molar-refractivity contribution in [2.75, 3.05) is 20.8 Å². The lowest BCUT2D eigenvalue weighted by atomic mass is 10.2. The summed E-state index contributed by atoms with van der Waals surface area (Å²) in [6.45, 7) is -2.46. The first-order valence-electron chi connectivity index (χ1n) is 6.97. The number of hydrogen-bond donors (Lipinski definition) is 1. The van der Waals surface area contributed by atoms with Gasteiger partial charge in [-0.05, 0) is 34.7 Å². The molecule has 1 N–H and O–H groups in total. The van der Waals surface area contributed by atoms with Crippen LogP contribution < -0.4 is 14.8 Å². The molecule has 0 fully saturated rings. The van der Waals surface area contributed by atoms with Crippen LogP contribution in [0.2, 0.25) is 0 Å². The van der Waals surface area contributed by atoms with Gasteiger partial charge in [-0.3, -0.25) is 9.36 Å². The van der Waals surface area contributed by atoms with Crippen molar-refractivity contribution >= 4 is 28.5 Å². The van der Waals surface area contributed by atoms with E-state index in [2.05, 4.69) is 10.3 Å². The molecular formula is C15H16F2IN3O3. The van der Waals surface area contributed by atoms with Crippen LogP contribution in [-0.4, -0.2) is 36.2 Å². The second-order valence-electron chi connectivity index (χ2n) is 4.72. The largest absolute Gasteiger partial charge is 0.493 e. The van der Waals surface area contributed by atoms with Gasteiger partial charge in [0.05, 0.1) is 19.8 Å². The monoisotopic (exact) mass is 451 g/mol. The fourth-order valence-corrected chi connectivity index (χ4v) is 2.81. The molecule has 1 aromatic carbocycles. The highest BCUT2D eigenvalue weighted by atomic mass is 127. The third-order valence-corrected chi connectivity index (χ3v) is 4.20. The number of carbonyl (C=O) groups excluding carboxylic acids is 1. The zero-order valence-electron chi connectivity index (χ0n) is 13.1. The molecule has 0 atom stereocenters. The van der Waals surface area contributed by atoms with Crippen LogP contribution in [-0.2, 0) is 6.42 Å². The van der Waals surface area contributed by atoms with Gasteiger partial charge in [-0.2, -0.15) is 8.78 Å². The predicted molar refractivity (Wildman–Crippen MR) is 91.8 cm³/mol. The molecule has 2 aromatic rings. The normalized spacial score (nSPS) is 10.8. The number of nitrogens with one attached hydrogen (secondary N) is 1. The van der Waals surface area contributed by atoms with E-state index in [9.17, 15) is 13.6 Å². The summed E-state index contributed by atoms with van der Waals surface area (Å²) in [7, 11) is 3.00. The minimum Gasteiger partial charge on any atom is -0.493 e. The molecule has 1 heterocycles. The van der Waals surface area contributed by atoms with Gasteiger partial charge in [-0.25, -0.2) is 4.98 Å². The van der Waals surface area contributed by atoms with Gasteiger partial charge in [-0.1, -0.05) is 0 Å². The van der Waals surface area contributed by atoms with Gasteiger partial charge in [0.15, 0.2) is 11.5 Å². The lowest BCUT2D eigenvalue weighted by Gasteiger charge is -2.12. The summed E-state index contributed by atoms with van der Waals surface area (Å²) in [5, 5.41) is 2.69. The molecule has 0 saturated heterocycles. The van der Waals surface area contributed by atoms with Crippen LogP contribution in [0.5, 0.6) is 11.5 Å². The van der Waals surface area contributed by atoms with E-state index in [1.54, 1.807) is 12.1 Å². The second-order valence-corrected chi connectivity index (χ2v) is 5.88. The smallest absolute Gasteiger partial charge is 0.319 e. The maximum atomic E-state index is 12.7. The highest BCUT2D eigenvalue weighted by Gasteiger charge is 2.16. The zero-order chi connectivity index (χ0) is 17.7. The second kappa shape index (κ2) is 8.27. The number of aromatic nitrogens is 2. The highest BCUT2D eigenvalue weighted by molar-refractivity contribution is 14.1. The number of benzene rings is 1. The van der Waals surface area contributed by atoms with Crippen molar-refractivity contribution in [2.45, 2.75) is 13.0 Å². The van der Waals surface area contributed by atoms with Crippen LogP contribution in [0.15, 0.2) is 24.5 Å². The summed E-state index contributed by atoms with van der Waals surface area (Å²) in [5.41, 5.74) is 0.422. The Labute approximate surface area is 151 Å². The number of rotatable bonds is 7. The van der Waals surface area contributed by atoms with Gasteiger partial charge in [0.25, 0.3) is 5.91 Å². The number of alkyl halides is 2. The van der Waals surface area contributed by atoms with Crippen molar-refractivity contribution in [3.63, 3.8) is 0 Å². The predicted octanol–water partition coefficient (Wildman–Crippen LogP) is 2.87. The first kappa shape index (κ1) is 18.4. The van der Waals surface area contributed by atoms with E-state index >= 15 is 0 Å². The molecular weight excluding hydrogens is 435 g/mol. The maximum Gasteiger partial charge on any atom is 0.319 e. The lowest BCUT2D eigenvalue weighted by molar-refractivity contribution is 0.0670. The molecule has 0 aliphatic rings. The Kier molecular flexibility index (Phi) is 6.35. The van der Waals surface area contributed by atoms with Crippen LogP contribution in [0.4, 0.5) is 8.78 Å². The molecule has 24 heavy (non-hydrogen) atoms. The summed E-state index contributed by atoms with van der Waals surface area (Å²) in [5.74, 6) is 0.858. The lowest BCUT2D eigenvalue weighted by Crippen LogP contribution is -2.27. The van der Waals surface area contributed by atoms with Crippen molar-refractivity contribution < 1.29 is 23.0 Å². The molecule has 0 spiro atoms. The molecule has 0 radical (unpaired) electrons. The van der Waals surface area contributed by atoms with E-state index in [1.807, 2.05) is 22.6 Å². The molecule has 0 bridgehead atoms. The van der Waals surface area contributed by atoms with Gasteiger partial charge in [0.2, 0.25) is 0 Å². The number of nitrogens with zero attached hydrogens (tertiary/aromatic N) is 2. The van der Waals surface area contributed by atoms with Gasteiger partial charge in [-0.15, -0.1) is 0 Å². The van der Waals surface area contributed by atoms with Crippen LogP contribution in [0, 0.1) is 3.57 Å². The van der Waals surface area contributed by atoms with E-state index in [4.69, 9.17) is 9.47 Å². The maximum absolute atomic E-state index is 12.7. The van der Waals surface area contributed by atoms with Crippen molar-refractivity contribution in [3.8, 4) is 11.5 Å². The molecule has 1 amide bonds. The number of methoxy groups -OCH3 is 2. The van der Waals surface area contributed by atoms with Crippen LogP contribution >= 0.6 is 22.6 Å². The zero-order valence-corrected chi connectivity index (χ0v) is 15.2. The highest BCUT2D eigenvalue weighted by Crippen LogP contribution is 2.31. The average Bonchev–Trinajstić information content (AvgIpc) is 3.03. The van der Waals surface area contributed by atoms with E-state index < -0.39 is 6.55 Å². The molecule has 0 unspecified atom stereocenters. The Morgan fingerprint density at radius 3 is 2.62 bits per heavy atom. The topological polar surface area (TPSA) is 65.4 Å². The Balaban J connectivity index is 2.04.